The van der Waals surface area contributed by atoms with Gasteiger partial charge < -0.3 is 24.8 Å². The van der Waals surface area contributed by atoms with Crippen molar-refractivity contribution >= 4 is 55.9 Å². The van der Waals surface area contributed by atoms with Gasteiger partial charge >= 0.3 is 18.3 Å². The average Bonchev–Trinajstić information content (AvgIpc) is 2.75. The summed E-state index contributed by atoms with van der Waals surface area (Å²) in [5.74, 6) is -0.104. The quantitative estimate of drug-likeness (QED) is 0.209. The van der Waals surface area contributed by atoms with Crippen LogP contribution in [-0.4, -0.2) is 56.8 Å². The molecule has 1 unspecified atom stereocenters. The fourth-order valence-electron chi connectivity index (χ4n) is 4.11. The zero-order valence-electron chi connectivity index (χ0n) is 26.7. The van der Waals surface area contributed by atoms with E-state index in [0.29, 0.717) is 24.9 Å². The number of carbonyl (C=O) groups is 3. The molecule has 42 heavy (non-hydrogen) atoms. The number of anilines is 2. The highest BCUT2D eigenvalue weighted by molar-refractivity contribution is 9.18. The third-order valence-electron chi connectivity index (χ3n) is 5.55. The molecule has 3 amide bonds. The Morgan fingerprint density at radius 1 is 0.976 bits per heavy atom. The largest absolute Gasteiger partial charge is 0.444 e. The van der Waals surface area contributed by atoms with Crippen LogP contribution in [0.2, 0.25) is 0 Å². The van der Waals surface area contributed by atoms with Crippen LogP contribution in [0.25, 0.3) is 5.57 Å². The van der Waals surface area contributed by atoms with Crippen LogP contribution in [-0.2, 0) is 14.2 Å². The smallest absolute Gasteiger partial charge is 0.425 e. The molecule has 0 saturated carbocycles. The number of hydrogen-bond acceptors (Lipinski definition) is 9. The van der Waals surface area contributed by atoms with Crippen LogP contribution in [0.1, 0.15) is 107 Å². The number of ether oxygens (including phenoxy) is 3. The van der Waals surface area contributed by atoms with Gasteiger partial charge in [0.2, 0.25) is 0 Å². The summed E-state index contributed by atoms with van der Waals surface area (Å²) in [6, 6.07) is -0.159. The van der Waals surface area contributed by atoms with E-state index in [4.69, 9.17) is 19.6 Å². The lowest BCUT2D eigenvalue weighted by Gasteiger charge is -2.30. The monoisotopic (exact) mass is 651 g/mol. The minimum Gasteiger partial charge on any atom is -0.444 e. The summed E-state index contributed by atoms with van der Waals surface area (Å²) in [5.41, 5.74) is -0.00404. The van der Waals surface area contributed by atoms with Crippen molar-refractivity contribution in [2.24, 2.45) is 0 Å². The zero-order valence-corrected chi connectivity index (χ0v) is 28.2. The fourth-order valence-corrected chi connectivity index (χ4v) is 4.48. The first-order valence-corrected chi connectivity index (χ1v) is 14.9. The van der Waals surface area contributed by atoms with Crippen molar-refractivity contribution in [3.63, 3.8) is 0 Å². The Morgan fingerprint density at radius 2 is 1.50 bits per heavy atom. The summed E-state index contributed by atoms with van der Waals surface area (Å²) in [7, 11) is 0. The van der Waals surface area contributed by atoms with Gasteiger partial charge in [-0.2, -0.15) is 4.90 Å². The van der Waals surface area contributed by atoms with Gasteiger partial charge in [-0.15, -0.1) is 0 Å². The second-order valence-electron chi connectivity index (χ2n) is 13.5. The lowest BCUT2D eigenvalue weighted by atomic mass is 9.89. The maximum absolute atomic E-state index is 13.4. The summed E-state index contributed by atoms with van der Waals surface area (Å²) >= 11 is 3.27. The van der Waals surface area contributed by atoms with Crippen molar-refractivity contribution < 1.29 is 28.6 Å². The standard InChI is InChI=1S/C30H46BrN5O6/c1-17(2)34-22-20(18-12-14-19(15-13-18)35-25(37)40-28(3,4)5)16-33-24(21(22)23(31)32)36(26(38)41-29(6,7)8)27(39)42-30(9,10)11/h12,16-17,19,32H,13-15H2,1-11H3,(H,33,34)(H,35,37). The third kappa shape index (κ3) is 10.6. The Balaban J connectivity index is 2.61. The van der Waals surface area contributed by atoms with Gasteiger partial charge in [0.1, 0.15) is 21.4 Å². The molecule has 0 bridgehead atoms. The van der Waals surface area contributed by atoms with Crippen LogP contribution in [0, 0.1) is 5.41 Å². The van der Waals surface area contributed by atoms with Gasteiger partial charge in [0.25, 0.3) is 0 Å². The molecule has 12 heteroatoms. The highest BCUT2D eigenvalue weighted by Crippen LogP contribution is 2.39. The van der Waals surface area contributed by atoms with E-state index in [1.165, 1.54) is 0 Å². The van der Waals surface area contributed by atoms with Crippen molar-refractivity contribution in [1.82, 2.24) is 10.3 Å². The molecule has 1 aliphatic rings. The number of hydrogen-bond donors (Lipinski definition) is 3. The van der Waals surface area contributed by atoms with Crippen molar-refractivity contribution in [2.75, 3.05) is 10.2 Å². The molecule has 0 aromatic carbocycles. The second kappa shape index (κ2) is 13.4. The zero-order chi connectivity index (χ0) is 32.2. The van der Waals surface area contributed by atoms with Gasteiger partial charge in [0, 0.05) is 23.8 Å². The molecule has 2 rings (SSSR count). The van der Waals surface area contributed by atoms with E-state index >= 15 is 0 Å². The highest BCUT2D eigenvalue weighted by atomic mass is 79.9. The molecule has 0 radical (unpaired) electrons. The molecule has 0 fully saturated rings. The Labute approximate surface area is 257 Å². The molecule has 1 aromatic heterocycles. The molecular formula is C30H46BrN5O6. The van der Waals surface area contributed by atoms with Crippen molar-refractivity contribution in [3.05, 3.63) is 23.4 Å². The maximum Gasteiger partial charge on any atom is 0.425 e. The van der Waals surface area contributed by atoms with Gasteiger partial charge in [-0.25, -0.2) is 19.4 Å². The Hall–Kier alpha value is -3.15. The van der Waals surface area contributed by atoms with Gasteiger partial charge in [0.05, 0.1) is 11.3 Å². The fraction of sp³-hybridized carbons (Fsp3) is 0.633. The number of halogens is 1. The van der Waals surface area contributed by atoms with E-state index in [1.807, 2.05) is 40.7 Å². The lowest BCUT2D eigenvalue weighted by Crippen LogP contribution is -2.45. The van der Waals surface area contributed by atoms with E-state index in [9.17, 15) is 14.4 Å². The average molecular weight is 653 g/mol. The molecule has 234 valence electrons. The number of pyridine rings is 1. The number of allylic oxidation sites excluding steroid dienone is 1. The molecule has 1 aromatic rings. The predicted molar refractivity (Wildman–Crippen MR) is 169 cm³/mol. The van der Waals surface area contributed by atoms with E-state index in [0.717, 1.165) is 16.0 Å². The lowest BCUT2D eigenvalue weighted by molar-refractivity contribution is 0.0425. The molecule has 0 spiro atoms. The molecule has 1 heterocycles. The van der Waals surface area contributed by atoms with Crippen LogP contribution in [0.4, 0.5) is 25.9 Å². The van der Waals surface area contributed by atoms with Gasteiger partial charge in [-0.05, 0) is 117 Å². The normalized spacial score (nSPS) is 15.8. The van der Waals surface area contributed by atoms with Gasteiger partial charge in [-0.1, -0.05) is 6.08 Å². The van der Waals surface area contributed by atoms with Crippen molar-refractivity contribution in [2.45, 2.75) is 124 Å². The van der Waals surface area contributed by atoms with Gasteiger partial charge in [0.15, 0.2) is 5.82 Å². The van der Waals surface area contributed by atoms with Crippen molar-refractivity contribution in [1.29, 1.82) is 5.41 Å². The maximum atomic E-state index is 13.4. The van der Waals surface area contributed by atoms with E-state index < -0.39 is 35.1 Å². The summed E-state index contributed by atoms with van der Waals surface area (Å²) in [6.07, 6.45) is 3.04. The first-order valence-electron chi connectivity index (χ1n) is 14.1. The van der Waals surface area contributed by atoms with Crippen LogP contribution in [0.5, 0.6) is 0 Å². The van der Waals surface area contributed by atoms with Gasteiger partial charge in [-0.3, -0.25) is 5.41 Å². The van der Waals surface area contributed by atoms with Crippen LogP contribution in [0.15, 0.2) is 12.3 Å². The topological polar surface area (TPSA) is 143 Å². The van der Waals surface area contributed by atoms with Crippen LogP contribution < -0.4 is 15.5 Å². The Kier molecular flexibility index (Phi) is 11.2. The molecular weight excluding hydrogens is 606 g/mol. The summed E-state index contributed by atoms with van der Waals surface area (Å²) in [6.45, 7) is 19.5. The number of rotatable bonds is 6. The molecule has 11 nitrogen and oxygen atoms in total. The van der Waals surface area contributed by atoms with Crippen LogP contribution >= 0.6 is 15.9 Å². The number of nitrogens with one attached hydrogen (secondary N) is 3. The first kappa shape index (κ1) is 35.0. The van der Waals surface area contributed by atoms with Crippen LogP contribution in [0.3, 0.4) is 0 Å². The number of aromatic nitrogens is 1. The number of carbonyl (C=O) groups excluding carboxylic acids is 3. The predicted octanol–water partition coefficient (Wildman–Crippen LogP) is 7.76. The number of alkyl carbamates (subject to hydrolysis) is 1. The molecule has 3 N–H and O–H groups in total. The van der Waals surface area contributed by atoms with E-state index in [2.05, 4.69) is 31.5 Å². The first-order chi connectivity index (χ1) is 19.1. The number of nitrogens with zero attached hydrogens (tertiary/aromatic N) is 2. The Bertz CT molecular complexity index is 1200. The minimum atomic E-state index is -0.976. The SMILES string of the molecule is CC(C)Nc1c(C2=CCC(NC(=O)OC(C)(C)C)CC2)cnc(N(C(=O)OC(C)(C)C)C(=O)OC(C)(C)C)c1C(=N)Br. The van der Waals surface area contributed by atoms with Crippen molar-refractivity contribution in [3.8, 4) is 0 Å². The van der Waals surface area contributed by atoms with E-state index in [-0.39, 0.29) is 28.1 Å². The molecule has 1 atom stereocenters. The number of imide groups is 1. The third-order valence-corrected chi connectivity index (χ3v) is 5.95. The second-order valence-corrected chi connectivity index (χ2v) is 14.3. The Morgan fingerprint density at radius 3 is 1.90 bits per heavy atom. The summed E-state index contributed by atoms with van der Waals surface area (Å²) in [4.78, 5) is 44.3. The molecule has 1 aliphatic carbocycles. The minimum absolute atomic E-state index is 0.0631. The summed E-state index contributed by atoms with van der Waals surface area (Å²) < 4.78 is 16.4. The molecule has 0 aliphatic heterocycles. The number of amides is 3. The van der Waals surface area contributed by atoms with E-state index in [1.54, 1.807) is 47.7 Å². The highest BCUT2D eigenvalue weighted by Gasteiger charge is 2.37. The summed E-state index contributed by atoms with van der Waals surface area (Å²) in [5, 5.41) is 14.9. The molecule has 0 saturated heterocycles.